The molecule has 1 saturated carbocycles. The Kier molecular flexibility index (Phi) is 4.29. The number of aromatic nitrogens is 1. The van der Waals surface area contributed by atoms with Gasteiger partial charge in [-0.05, 0) is 34.8 Å². The van der Waals surface area contributed by atoms with Crippen molar-refractivity contribution in [2.45, 2.75) is 44.1 Å². The van der Waals surface area contributed by atoms with Crippen LogP contribution in [0.2, 0.25) is 0 Å². The highest BCUT2D eigenvalue weighted by atomic mass is 79.9. The van der Waals surface area contributed by atoms with Gasteiger partial charge in [-0.15, -0.1) is 0 Å². The Morgan fingerprint density at radius 3 is 2.58 bits per heavy atom. The molecule has 1 aromatic heterocycles. The van der Waals surface area contributed by atoms with Crippen molar-refractivity contribution in [3.63, 3.8) is 0 Å². The predicted octanol–water partition coefficient (Wildman–Crippen LogP) is 2.68. The van der Waals surface area contributed by atoms with Crippen molar-refractivity contribution >= 4 is 27.8 Å². The Bertz CT molecular complexity index is 478. The second-order valence-corrected chi connectivity index (χ2v) is 6.01. The second kappa shape index (κ2) is 5.77. The summed E-state index contributed by atoms with van der Waals surface area (Å²) in [5.74, 6) is -1.11. The number of hydrogen-bond donors (Lipinski definition) is 3. The number of carbonyl (C=O) groups is 2. The van der Waals surface area contributed by atoms with Gasteiger partial charge in [0, 0.05) is 10.7 Å². The van der Waals surface area contributed by atoms with E-state index < -0.39 is 11.5 Å². The van der Waals surface area contributed by atoms with Crippen LogP contribution in [0.15, 0.2) is 16.7 Å². The molecule has 0 unspecified atom stereocenters. The van der Waals surface area contributed by atoms with E-state index >= 15 is 0 Å². The Morgan fingerprint density at radius 2 is 2.05 bits per heavy atom. The molecule has 0 aromatic carbocycles. The first-order valence-corrected chi connectivity index (χ1v) is 7.18. The molecule has 1 amide bonds. The third-order valence-corrected chi connectivity index (χ3v) is 4.03. The van der Waals surface area contributed by atoms with Crippen LogP contribution >= 0.6 is 15.9 Å². The van der Waals surface area contributed by atoms with Gasteiger partial charge in [0.15, 0.2) is 0 Å². The number of aromatic amines is 1. The monoisotopic (exact) mass is 328 g/mol. The summed E-state index contributed by atoms with van der Waals surface area (Å²) in [4.78, 5) is 26.0. The predicted molar refractivity (Wildman–Crippen MR) is 74.0 cm³/mol. The minimum absolute atomic E-state index is 0.0133. The highest BCUT2D eigenvalue weighted by molar-refractivity contribution is 9.10. The van der Waals surface area contributed by atoms with Crippen LogP contribution in [0, 0.1) is 0 Å². The number of hydrogen-bond acceptors (Lipinski definition) is 2. The summed E-state index contributed by atoms with van der Waals surface area (Å²) in [6.07, 6.45) is 6.15. The lowest BCUT2D eigenvalue weighted by Crippen LogP contribution is -2.51. The van der Waals surface area contributed by atoms with Gasteiger partial charge in [-0.25, -0.2) is 0 Å². The SMILES string of the molecule is O=C(O)CC1(NC(=O)c2cc(Br)c[nH]2)CCCCC1. The summed E-state index contributed by atoms with van der Waals surface area (Å²) in [5, 5.41) is 12.0. The van der Waals surface area contributed by atoms with Gasteiger partial charge >= 0.3 is 5.97 Å². The van der Waals surface area contributed by atoms with E-state index in [0.717, 1.165) is 36.6 Å². The fraction of sp³-hybridized carbons (Fsp3) is 0.538. The minimum Gasteiger partial charge on any atom is -0.481 e. The van der Waals surface area contributed by atoms with E-state index in [2.05, 4.69) is 26.2 Å². The van der Waals surface area contributed by atoms with E-state index in [1.165, 1.54) is 0 Å². The van der Waals surface area contributed by atoms with Crippen LogP contribution in [0.1, 0.15) is 49.0 Å². The highest BCUT2D eigenvalue weighted by Gasteiger charge is 2.36. The fourth-order valence-corrected chi connectivity index (χ4v) is 3.01. The Morgan fingerprint density at radius 1 is 1.37 bits per heavy atom. The van der Waals surface area contributed by atoms with E-state index in [4.69, 9.17) is 5.11 Å². The van der Waals surface area contributed by atoms with Crippen molar-refractivity contribution in [3.05, 3.63) is 22.4 Å². The molecule has 19 heavy (non-hydrogen) atoms. The molecule has 0 aliphatic heterocycles. The smallest absolute Gasteiger partial charge is 0.305 e. The molecule has 0 spiro atoms. The molecule has 1 aliphatic carbocycles. The molecule has 0 bridgehead atoms. The molecule has 104 valence electrons. The third kappa shape index (κ3) is 3.59. The molecule has 5 nitrogen and oxygen atoms in total. The van der Waals surface area contributed by atoms with E-state index in [0.29, 0.717) is 5.69 Å². The largest absolute Gasteiger partial charge is 0.481 e. The lowest BCUT2D eigenvalue weighted by Gasteiger charge is -2.36. The summed E-state index contributed by atoms with van der Waals surface area (Å²) in [6.45, 7) is 0. The van der Waals surface area contributed by atoms with Crippen molar-refractivity contribution in [3.8, 4) is 0 Å². The number of halogens is 1. The Balaban J connectivity index is 2.11. The lowest BCUT2D eigenvalue weighted by molar-refractivity contribution is -0.139. The van der Waals surface area contributed by atoms with Gasteiger partial charge in [-0.1, -0.05) is 19.3 Å². The van der Waals surface area contributed by atoms with E-state index in [-0.39, 0.29) is 12.3 Å². The normalized spacial score (nSPS) is 17.9. The molecule has 2 rings (SSSR count). The Labute approximate surface area is 119 Å². The zero-order chi connectivity index (χ0) is 13.9. The van der Waals surface area contributed by atoms with Gasteiger partial charge in [-0.2, -0.15) is 0 Å². The van der Waals surface area contributed by atoms with Gasteiger partial charge in [0.05, 0.1) is 12.0 Å². The molecular weight excluding hydrogens is 312 g/mol. The maximum Gasteiger partial charge on any atom is 0.305 e. The maximum absolute atomic E-state index is 12.2. The second-order valence-electron chi connectivity index (χ2n) is 5.10. The number of aliphatic carboxylic acids is 1. The van der Waals surface area contributed by atoms with Crippen LogP contribution in [0.4, 0.5) is 0 Å². The summed E-state index contributed by atoms with van der Waals surface area (Å²) in [6, 6.07) is 1.69. The van der Waals surface area contributed by atoms with Crippen molar-refractivity contribution in [2.24, 2.45) is 0 Å². The van der Waals surface area contributed by atoms with Crippen molar-refractivity contribution in [1.29, 1.82) is 0 Å². The van der Waals surface area contributed by atoms with Gasteiger partial charge in [0.2, 0.25) is 0 Å². The molecule has 1 aromatic rings. The van der Waals surface area contributed by atoms with Crippen LogP contribution in [-0.4, -0.2) is 27.5 Å². The minimum atomic E-state index is -0.866. The van der Waals surface area contributed by atoms with Gasteiger partial charge in [0.1, 0.15) is 5.69 Å². The molecule has 0 radical (unpaired) electrons. The summed E-state index contributed by atoms with van der Waals surface area (Å²) >= 11 is 3.27. The van der Waals surface area contributed by atoms with Gasteiger partial charge in [0.25, 0.3) is 5.91 Å². The van der Waals surface area contributed by atoms with E-state index in [9.17, 15) is 9.59 Å². The molecular formula is C13H17BrN2O3. The highest BCUT2D eigenvalue weighted by Crippen LogP contribution is 2.31. The zero-order valence-corrected chi connectivity index (χ0v) is 12.1. The average Bonchev–Trinajstić information content (AvgIpc) is 2.76. The third-order valence-electron chi connectivity index (χ3n) is 3.57. The zero-order valence-electron chi connectivity index (χ0n) is 10.5. The molecule has 1 fully saturated rings. The average molecular weight is 329 g/mol. The Hall–Kier alpha value is -1.30. The van der Waals surface area contributed by atoms with Crippen LogP contribution < -0.4 is 5.32 Å². The van der Waals surface area contributed by atoms with Crippen molar-refractivity contribution in [1.82, 2.24) is 10.3 Å². The first-order valence-electron chi connectivity index (χ1n) is 6.39. The number of carbonyl (C=O) groups excluding carboxylic acids is 1. The lowest BCUT2D eigenvalue weighted by atomic mass is 9.79. The summed E-state index contributed by atoms with van der Waals surface area (Å²) in [5.41, 5.74) is -0.152. The molecule has 0 saturated heterocycles. The quantitative estimate of drug-likeness (QED) is 0.794. The van der Waals surface area contributed by atoms with Crippen LogP contribution in [0.3, 0.4) is 0 Å². The molecule has 3 N–H and O–H groups in total. The number of amides is 1. The molecule has 1 heterocycles. The van der Waals surface area contributed by atoms with Gasteiger partial charge < -0.3 is 15.4 Å². The number of carboxylic acids is 1. The number of nitrogens with one attached hydrogen (secondary N) is 2. The topological polar surface area (TPSA) is 82.2 Å². The first kappa shape index (κ1) is 14.1. The fourth-order valence-electron chi connectivity index (χ4n) is 2.67. The summed E-state index contributed by atoms with van der Waals surface area (Å²) < 4.78 is 0.800. The van der Waals surface area contributed by atoms with E-state index in [1.807, 2.05) is 0 Å². The number of carboxylic acid groups (broad SMARTS) is 1. The summed E-state index contributed by atoms with van der Waals surface area (Å²) in [7, 11) is 0. The van der Waals surface area contributed by atoms with Crippen LogP contribution in [0.5, 0.6) is 0 Å². The van der Waals surface area contributed by atoms with Crippen molar-refractivity contribution < 1.29 is 14.7 Å². The molecule has 6 heteroatoms. The number of rotatable bonds is 4. The molecule has 1 aliphatic rings. The maximum atomic E-state index is 12.2. The first-order chi connectivity index (χ1) is 9.01. The molecule has 0 atom stereocenters. The number of H-pyrrole nitrogens is 1. The van der Waals surface area contributed by atoms with Gasteiger partial charge in [-0.3, -0.25) is 9.59 Å². The van der Waals surface area contributed by atoms with E-state index in [1.54, 1.807) is 12.3 Å². The van der Waals surface area contributed by atoms with Crippen molar-refractivity contribution in [2.75, 3.05) is 0 Å². The van der Waals surface area contributed by atoms with Crippen LogP contribution in [0.25, 0.3) is 0 Å². The van der Waals surface area contributed by atoms with Crippen LogP contribution in [-0.2, 0) is 4.79 Å². The standard InChI is InChI=1S/C13H17BrN2O3/c14-9-6-10(15-8-9)12(19)16-13(7-11(17)18)4-2-1-3-5-13/h6,8,15H,1-5,7H2,(H,16,19)(H,17,18).